The quantitative estimate of drug-likeness (QED) is 0.338. The van der Waals surface area contributed by atoms with Gasteiger partial charge in [-0.3, -0.25) is 9.69 Å². The summed E-state index contributed by atoms with van der Waals surface area (Å²) in [6.45, 7) is 7.74. The summed E-state index contributed by atoms with van der Waals surface area (Å²) in [5.74, 6) is 0.541. The second kappa shape index (κ2) is 5.24. The highest BCUT2D eigenvalue weighted by molar-refractivity contribution is 6.07. The zero-order chi connectivity index (χ0) is 15.1. The van der Waals surface area contributed by atoms with Crippen molar-refractivity contribution in [2.45, 2.75) is 45.7 Å². The Bertz CT molecular complexity index is 405. The number of amides is 1. The third-order valence-electron chi connectivity index (χ3n) is 5.05. The largest absolute Gasteiger partial charge is 0.409 e. The van der Waals surface area contributed by atoms with Gasteiger partial charge in [0.2, 0.25) is 5.91 Å². The van der Waals surface area contributed by atoms with Crippen molar-refractivity contribution < 1.29 is 10.0 Å². The lowest BCUT2D eigenvalue weighted by Crippen LogP contribution is -2.63. The maximum absolute atomic E-state index is 12.9. The number of nitrogens with two attached hydrogens (primary N) is 1. The van der Waals surface area contributed by atoms with Crippen molar-refractivity contribution in [2.75, 3.05) is 20.1 Å². The number of hydrogen-bond acceptors (Lipinski definition) is 4. The fourth-order valence-electron chi connectivity index (χ4n) is 3.59. The van der Waals surface area contributed by atoms with Crippen LogP contribution < -0.4 is 5.73 Å². The molecule has 0 radical (unpaired) electrons. The van der Waals surface area contributed by atoms with Crippen LogP contribution in [0.25, 0.3) is 0 Å². The Labute approximate surface area is 120 Å². The third kappa shape index (κ3) is 2.26. The number of hydrogen-bond donors (Lipinski definition) is 2. The molecule has 2 unspecified atom stereocenters. The Morgan fingerprint density at radius 2 is 1.75 bits per heavy atom. The van der Waals surface area contributed by atoms with E-state index >= 15 is 0 Å². The molecule has 0 aromatic heterocycles. The minimum atomic E-state index is -0.774. The zero-order valence-electron chi connectivity index (χ0n) is 12.8. The Balaban J connectivity index is 2.17. The molecule has 3 N–H and O–H groups in total. The van der Waals surface area contributed by atoms with Crippen LogP contribution in [0.5, 0.6) is 0 Å². The molecule has 6 heteroatoms. The second-order valence-corrected chi connectivity index (χ2v) is 6.65. The number of rotatable bonds is 2. The van der Waals surface area contributed by atoms with Crippen LogP contribution in [0, 0.1) is 11.3 Å². The van der Waals surface area contributed by atoms with Crippen molar-refractivity contribution in [1.82, 2.24) is 9.80 Å². The first-order valence-corrected chi connectivity index (χ1v) is 7.31. The van der Waals surface area contributed by atoms with Crippen molar-refractivity contribution in [3.63, 3.8) is 0 Å². The van der Waals surface area contributed by atoms with Gasteiger partial charge in [-0.2, -0.15) is 0 Å². The van der Waals surface area contributed by atoms with Crippen LogP contribution in [0.15, 0.2) is 5.16 Å². The van der Waals surface area contributed by atoms with Crippen LogP contribution >= 0.6 is 0 Å². The summed E-state index contributed by atoms with van der Waals surface area (Å²) in [7, 11) is 2.09. The lowest BCUT2D eigenvalue weighted by Gasteiger charge is -2.50. The highest BCUT2D eigenvalue weighted by atomic mass is 16.4. The first-order valence-electron chi connectivity index (χ1n) is 7.31. The third-order valence-corrected chi connectivity index (χ3v) is 5.05. The van der Waals surface area contributed by atoms with E-state index in [1.54, 1.807) is 0 Å². The van der Waals surface area contributed by atoms with Gasteiger partial charge in [-0.15, -0.1) is 0 Å². The van der Waals surface area contributed by atoms with Crippen LogP contribution in [0.1, 0.15) is 33.6 Å². The molecule has 2 aliphatic rings. The van der Waals surface area contributed by atoms with Crippen LogP contribution in [0.2, 0.25) is 0 Å². The molecule has 1 amide bonds. The molecular weight excluding hydrogens is 256 g/mol. The van der Waals surface area contributed by atoms with E-state index in [2.05, 4.69) is 37.9 Å². The van der Waals surface area contributed by atoms with Gasteiger partial charge in [-0.25, -0.2) is 0 Å². The van der Waals surface area contributed by atoms with Crippen molar-refractivity contribution in [3.05, 3.63) is 0 Å². The van der Waals surface area contributed by atoms with Crippen molar-refractivity contribution in [1.29, 1.82) is 0 Å². The fraction of sp³-hybridized carbons (Fsp3) is 0.857. The van der Waals surface area contributed by atoms with Crippen LogP contribution in [0.3, 0.4) is 0 Å². The minimum absolute atomic E-state index is 0.0256. The number of piperazine rings is 1. The number of carbonyl (C=O) groups is 1. The molecule has 1 aliphatic carbocycles. The summed E-state index contributed by atoms with van der Waals surface area (Å²) >= 11 is 0. The summed E-state index contributed by atoms with van der Waals surface area (Å²) in [5, 5.41) is 12.1. The molecule has 0 bridgehead atoms. The molecule has 2 fully saturated rings. The highest BCUT2D eigenvalue weighted by Gasteiger charge is 2.54. The van der Waals surface area contributed by atoms with E-state index < -0.39 is 5.41 Å². The zero-order valence-corrected chi connectivity index (χ0v) is 12.8. The average molecular weight is 282 g/mol. The molecule has 0 aromatic carbocycles. The fourth-order valence-corrected chi connectivity index (χ4v) is 3.59. The summed E-state index contributed by atoms with van der Waals surface area (Å²) < 4.78 is 0. The first-order chi connectivity index (χ1) is 9.31. The van der Waals surface area contributed by atoms with E-state index in [-0.39, 0.29) is 11.7 Å². The number of carbonyl (C=O) groups excluding carboxylic acids is 1. The van der Waals surface area contributed by atoms with E-state index in [1.165, 1.54) is 0 Å². The molecule has 1 aliphatic heterocycles. The molecule has 0 aromatic rings. The Hall–Kier alpha value is -1.30. The minimum Gasteiger partial charge on any atom is -0.409 e. The highest BCUT2D eigenvalue weighted by Crippen LogP contribution is 2.47. The topological polar surface area (TPSA) is 82.2 Å². The average Bonchev–Trinajstić information content (AvgIpc) is 2.38. The van der Waals surface area contributed by atoms with Crippen LogP contribution in [0.4, 0.5) is 0 Å². The molecule has 6 nitrogen and oxygen atoms in total. The van der Waals surface area contributed by atoms with E-state index in [0.717, 1.165) is 0 Å². The van der Waals surface area contributed by atoms with Crippen LogP contribution in [-0.4, -0.2) is 59.0 Å². The predicted octanol–water partition coefficient (Wildman–Crippen LogP) is 0.700. The summed E-state index contributed by atoms with van der Waals surface area (Å²) in [6, 6.07) is 0.647. The molecule has 20 heavy (non-hydrogen) atoms. The van der Waals surface area contributed by atoms with Gasteiger partial charge in [0.15, 0.2) is 5.84 Å². The molecule has 1 saturated carbocycles. The molecule has 1 heterocycles. The normalized spacial score (nSPS) is 39.5. The van der Waals surface area contributed by atoms with E-state index in [9.17, 15) is 4.79 Å². The Morgan fingerprint density at radius 3 is 2.15 bits per heavy atom. The standard InChI is InChI=1S/C14H26N4O2/c1-9-5-14(6-9,12(15)16-20)13(19)18-7-10(2)17(4)11(3)8-18/h9-11,20H,5-8H2,1-4H3,(H2,15,16). The summed E-state index contributed by atoms with van der Waals surface area (Å²) in [6.07, 6.45) is 1.35. The number of amidine groups is 1. The molecule has 114 valence electrons. The number of oxime groups is 1. The lowest BCUT2D eigenvalue weighted by molar-refractivity contribution is -0.148. The predicted molar refractivity (Wildman–Crippen MR) is 77.5 cm³/mol. The van der Waals surface area contributed by atoms with Crippen molar-refractivity contribution in [2.24, 2.45) is 22.2 Å². The van der Waals surface area contributed by atoms with Gasteiger partial charge in [0, 0.05) is 25.2 Å². The molecule has 1 saturated heterocycles. The summed E-state index contributed by atoms with van der Waals surface area (Å²) in [5.41, 5.74) is 5.05. The smallest absolute Gasteiger partial charge is 0.236 e. The lowest BCUT2D eigenvalue weighted by atomic mass is 9.61. The van der Waals surface area contributed by atoms with Gasteiger partial charge in [0.05, 0.1) is 0 Å². The second-order valence-electron chi connectivity index (χ2n) is 6.65. The monoisotopic (exact) mass is 282 g/mol. The van der Waals surface area contributed by atoms with Crippen LogP contribution in [-0.2, 0) is 4.79 Å². The SMILES string of the molecule is CC1CC(C(=O)N2CC(C)N(C)C(C)C2)(C(N)=NO)C1. The van der Waals surface area contributed by atoms with Crippen molar-refractivity contribution >= 4 is 11.7 Å². The molecule has 2 atom stereocenters. The van der Waals surface area contributed by atoms with Crippen molar-refractivity contribution in [3.8, 4) is 0 Å². The van der Waals surface area contributed by atoms with Gasteiger partial charge in [-0.1, -0.05) is 12.1 Å². The van der Waals surface area contributed by atoms with E-state index in [0.29, 0.717) is 43.9 Å². The Morgan fingerprint density at radius 1 is 1.25 bits per heavy atom. The maximum atomic E-state index is 12.9. The first kappa shape index (κ1) is 15.1. The van der Waals surface area contributed by atoms with Gasteiger partial charge in [-0.05, 0) is 39.7 Å². The molecular formula is C14H26N4O2. The molecule has 2 rings (SSSR count). The maximum Gasteiger partial charge on any atom is 0.236 e. The molecule has 0 spiro atoms. The van der Waals surface area contributed by atoms with E-state index in [4.69, 9.17) is 10.9 Å². The van der Waals surface area contributed by atoms with Gasteiger partial charge < -0.3 is 15.8 Å². The Kier molecular flexibility index (Phi) is 3.95. The van der Waals surface area contributed by atoms with E-state index in [1.807, 2.05) is 4.90 Å². The van der Waals surface area contributed by atoms with Gasteiger partial charge >= 0.3 is 0 Å². The summed E-state index contributed by atoms with van der Waals surface area (Å²) in [4.78, 5) is 17.1. The van der Waals surface area contributed by atoms with Gasteiger partial charge in [0.1, 0.15) is 5.41 Å². The van der Waals surface area contributed by atoms with Gasteiger partial charge in [0.25, 0.3) is 0 Å². The number of likely N-dealkylation sites (N-methyl/N-ethyl adjacent to an activating group) is 1. The number of nitrogens with zero attached hydrogens (tertiary/aromatic N) is 3.